The Morgan fingerprint density at radius 1 is 0.833 bits per heavy atom. The molecule has 0 aromatic heterocycles. The van der Waals surface area contributed by atoms with Crippen molar-refractivity contribution in [2.75, 3.05) is 5.73 Å². The van der Waals surface area contributed by atoms with E-state index in [0.717, 1.165) is 16.3 Å². The first-order valence-corrected chi connectivity index (χ1v) is 8.02. The van der Waals surface area contributed by atoms with Crippen LogP contribution < -0.4 is 11.5 Å². The molecule has 0 aliphatic rings. The fourth-order valence-electron chi connectivity index (χ4n) is 1.23. The molecule has 0 saturated heterocycles. The second kappa shape index (κ2) is 8.08. The summed E-state index contributed by atoms with van der Waals surface area (Å²) in [5.74, 6) is 0. The number of nitrogens with two attached hydrogens (primary N) is 1. The van der Waals surface area contributed by atoms with E-state index in [2.05, 4.69) is 11.8 Å². The van der Waals surface area contributed by atoms with E-state index in [1.807, 2.05) is 56.3 Å². The third kappa shape index (κ3) is 4.29. The van der Waals surface area contributed by atoms with E-state index in [4.69, 9.17) is 5.73 Å². The molecule has 18 heavy (non-hydrogen) atoms. The van der Waals surface area contributed by atoms with Gasteiger partial charge in [0.2, 0.25) is 0 Å². The average molecular weight is 279 g/mol. The first-order chi connectivity index (χ1) is 8.77. The number of anilines is 1. The monoisotopic (exact) mass is 279 g/mol. The lowest BCUT2D eigenvalue weighted by Crippen LogP contribution is -2.40. The molecule has 0 radical (unpaired) electrons. The molecule has 0 fully saturated rings. The molecule has 0 bridgehead atoms. The predicted octanol–water partition coefficient (Wildman–Crippen LogP) is 3.97. The minimum Gasteiger partial charge on any atom is -0.398 e. The van der Waals surface area contributed by atoms with Crippen molar-refractivity contribution in [3.05, 3.63) is 48.5 Å². The molecule has 0 aliphatic heterocycles. The Bertz CT molecular complexity index is 441. The Morgan fingerprint density at radius 2 is 1.33 bits per heavy atom. The molecule has 2 aromatic rings. The summed E-state index contributed by atoms with van der Waals surface area (Å²) in [6.45, 7) is 4.00. The van der Waals surface area contributed by atoms with Gasteiger partial charge in [0.1, 0.15) is 5.69 Å². The van der Waals surface area contributed by atoms with E-state index in [1.165, 1.54) is 4.90 Å². The van der Waals surface area contributed by atoms with Gasteiger partial charge in [-0.3, -0.25) is 0 Å². The van der Waals surface area contributed by atoms with Crippen LogP contribution in [0.5, 0.6) is 0 Å². The van der Waals surface area contributed by atoms with E-state index in [9.17, 15) is 0 Å². The van der Waals surface area contributed by atoms with E-state index in [-0.39, 0.29) is 0 Å². The highest BCUT2D eigenvalue weighted by atomic mass is 33.1. The number of quaternary nitrogens is 1. The summed E-state index contributed by atoms with van der Waals surface area (Å²) < 4.78 is 0. The molecule has 0 heterocycles. The van der Waals surface area contributed by atoms with Crippen LogP contribution in [0, 0.1) is 0 Å². The van der Waals surface area contributed by atoms with Gasteiger partial charge in [-0.25, -0.2) is 0 Å². The number of rotatable bonds is 3. The molecule has 2 aromatic carbocycles. The predicted molar refractivity (Wildman–Crippen MR) is 82.9 cm³/mol. The molecule has 0 aliphatic carbocycles. The molecule has 0 unspecified atom stereocenters. The molecule has 96 valence electrons. The first-order valence-electron chi connectivity index (χ1n) is 5.87. The lowest BCUT2D eigenvalue weighted by atomic mass is 10.3. The lowest BCUT2D eigenvalue weighted by molar-refractivity contribution is -0.258. The summed E-state index contributed by atoms with van der Waals surface area (Å²) in [6.07, 6.45) is 0. The summed E-state index contributed by atoms with van der Waals surface area (Å²) in [5, 5.41) is 0. The normalized spacial score (nSPS) is 9.50. The lowest BCUT2D eigenvalue weighted by Gasteiger charge is -2.04. The smallest absolute Gasteiger partial charge is 0.142 e. The number of para-hydroxylation sites is 1. The zero-order chi connectivity index (χ0) is 13.4. The van der Waals surface area contributed by atoms with Gasteiger partial charge in [-0.05, 0) is 29.0 Å². The van der Waals surface area contributed by atoms with Crippen LogP contribution in [-0.2, 0) is 0 Å². The van der Waals surface area contributed by atoms with Crippen LogP contribution in [-0.4, -0.2) is 0 Å². The SMILES string of the molecule is CC.Nc1ccccc1SSc1ccccc1[NH3+]. The van der Waals surface area contributed by atoms with Crippen molar-refractivity contribution >= 4 is 33.0 Å². The van der Waals surface area contributed by atoms with Crippen molar-refractivity contribution in [1.82, 2.24) is 0 Å². The van der Waals surface area contributed by atoms with E-state index in [0.29, 0.717) is 0 Å². The van der Waals surface area contributed by atoms with Gasteiger partial charge in [0.25, 0.3) is 0 Å². The Balaban J connectivity index is 0.000000771. The first kappa shape index (κ1) is 15.0. The van der Waals surface area contributed by atoms with Gasteiger partial charge in [-0.15, -0.1) is 0 Å². The van der Waals surface area contributed by atoms with Crippen LogP contribution in [0.2, 0.25) is 0 Å². The highest BCUT2D eigenvalue weighted by molar-refractivity contribution is 8.76. The molecular formula is C14H19N2S2+. The minimum atomic E-state index is 0.821. The van der Waals surface area contributed by atoms with E-state index >= 15 is 0 Å². The van der Waals surface area contributed by atoms with E-state index < -0.39 is 0 Å². The van der Waals surface area contributed by atoms with Gasteiger partial charge in [-0.2, -0.15) is 0 Å². The molecule has 2 nitrogen and oxygen atoms in total. The van der Waals surface area contributed by atoms with Gasteiger partial charge in [0.15, 0.2) is 0 Å². The largest absolute Gasteiger partial charge is 0.398 e. The molecule has 2 rings (SSSR count). The molecule has 0 spiro atoms. The summed E-state index contributed by atoms with van der Waals surface area (Å²) in [4.78, 5) is 2.27. The van der Waals surface area contributed by atoms with Crippen molar-refractivity contribution in [3.63, 3.8) is 0 Å². The van der Waals surface area contributed by atoms with Crippen LogP contribution in [0.15, 0.2) is 58.3 Å². The molecule has 0 atom stereocenters. The van der Waals surface area contributed by atoms with Gasteiger partial charge < -0.3 is 11.5 Å². The van der Waals surface area contributed by atoms with Crippen LogP contribution in [0.25, 0.3) is 0 Å². The van der Waals surface area contributed by atoms with Crippen molar-refractivity contribution in [3.8, 4) is 0 Å². The van der Waals surface area contributed by atoms with Gasteiger partial charge in [0.05, 0.1) is 4.90 Å². The van der Waals surface area contributed by atoms with Crippen molar-refractivity contribution < 1.29 is 5.73 Å². The molecule has 4 heteroatoms. The van der Waals surface area contributed by atoms with Gasteiger partial charge in [-0.1, -0.05) is 48.9 Å². The maximum absolute atomic E-state index is 5.87. The second-order valence-corrected chi connectivity index (χ2v) is 5.53. The maximum Gasteiger partial charge on any atom is 0.142 e. The summed E-state index contributed by atoms with van der Waals surface area (Å²) in [7, 11) is 3.35. The average Bonchev–Trinajstić information content (AvgIpc) is 2.42. The van der Waals surface area contributed by atoms with E-state index in [1.54, 1.807) is 21.6 Å². The summed E-state index contributed by atoms with van der Waals surface area (Å²) in [6, 6.07) is 16.0. The zero-order valence-electron chi connectivity index (χ0n) is 10.7. The Hall–Kier alpha value is -1.10. The fraction of sp³-hybridized carbons (Fsp3) is 0.143. The minimum absolute atomic E-state index is 0.821. The Kier molecular flexibility index (Phi) is 6.72. The highest BCUT2D eigenvalue weighted by Gasteiger charge is 2.04. The van der Waals surface area contributed by atoms with Gasteiger partial charge in [0, 0.05) is 16.6 Å². The summed E-state index contributed by atoms with van der Waals surface area (Å²) in [5.41, 5.74) is 11.7. The van der Waals surface area contributed by atoms with Crippen molar-refractivity contribution in [1.29, 1.82) is 0 Å². The van der Waals surface area contributed by atoms with Crippen LogP contribution in [0.4, 0.5) is 11.4 Å². The van der Waals surface area contributed by atoms with Crippen molar-refractivity contribution in [2.24, 2.45) is 0 Å². The topological polar surface area (TPSA) is 53.7 Å². The van der Waals surface area contributed by atoms with Gasteiger partial charge >= 0.3 is 0 Å². The number of hydrogen-bond donors (Lipinski definition) is 2. The molecule has 0 saturated carbocycles. The zero-order valence-corrected chi connectivity index (χ0v) is 12.4. The summed E-state index contributed by atoms with van der Waals surface area (Å²) >= 11 is 0. The second-order valence-electron chi connectivity index (χ2n) is 3.31. The Morgan fingerprint density at radius 3 is 1.94 bits per heavy atom. The third-order valence-electron chi connectivity index (χ3n) is 2.11. The van der Waals surface area contributed by atoms with Crippen LogP contribution >= 0.6 is 21.6 Å². The van der Waals surface area contributed by atoms with Crippen molar-refractivity contribution in [2.45, 2.75) is 23.6 Å². The number of benzene rings is 2. The van der Waals surface area contributed by atoms with Crippen LogP contribution in [0.3, 0.4) is 0 Å². The highest BCUT2D eigenvalue weighted by Crippen LogP contribution is 2.41. The molecule has 5 N–H and O–H groups in total. The standard InChI is InChI=1S/C12H12N2S2.C2H6/c13-9-5-1-3-7-11(9)15-16-12-8-4-2-6-10(12)14;1-2/h1-8H,13-14H2;1-2H3/p+1. The Labute approximate surface area is 117 Å². The maximum atomic E-state index is 5.87. The number of nitrogen functional groups attached to an aromatic ring is 1. The number of hydrogen-bond acceptors (Lipinski definition) is 3. The van der Waals surface area contributed by atoms with Crippen LogP contribution in [0.1, 0.15) is 13.8 Å². The fourth-order valence-corrected chi connectivity index (χ4v) is 3.50. The quantitative estimate of drug-likeness (QED) is 0.660. The third-order valence-corrected chi connectivity index (χ3v) is 4.65. The molecular weight excluding hydrogens is 260 g/mol. The molecule has 0 amide bonds.